The second-order valence-corrected chi connectivity index (χ2v) is 8.04. The number of aromatic nitrogens is 2. The highest BCUT2D eigenvalue weighted by molar-refractivity contribution is 7.90. The number of nitrogen functional groups attached to an aromatic ring is 1. The van der Waals surface area contributed by atoms with Crippen molar-refractivity contribution in [2.75, 3.05) is 12.3 Å². The van der Waals surface area contributed by atoms with E-state index < -0.39 is 52.8 Å². The van der Waals surface area contributed by atoms with Crippen LogP contribution >= 0.6 is 0 Å². The Labute approximate surface area is 160 Å². The second kappa shape index (κ2) is 7.48. The summed E-state index contributed by atoms with van der Waals surface area (Å²) in [7, 11) is -4.14. The highest BCUT2D eigenvalue weighted by atomic mass is 32.2. The van der Waals surface area contributed by atoms with Crippen LogP contribution in [0.3, 0.4) is 0 Å². The largest absolute Gasteiger partial charge is 0.394 e. The summed E-state index contributed by atoms with van der Waals surface area (Å²) in [6, 6.07) is 5.88. The summed E-state index contributed by atoms with van der Waals surface area (Å²) in [5.41, 5.74) is 6.32. The predicted molar refractivity (Wildman–Crippen MR) is 95.5 cm³/mol. The number of anilines is 1. The van der Waals surface area contributed by atoms with E-state index in [2.05, 4.69) is 4.98 Å². The third kappa shape index (κ3) is 3.59. The fraction of sp³-hybridized carbons (Fsp3) is 0.375. The first-order chi connectivity index (χ1) is 13.2. The lowest BCUT2D eigenvalue weighted by atomic mass is 10.1. The Morgan fingerprint density at radius 1 is 1.29 bits per heavy atom. The van der Waals surface area contributed by atoms with E-state index in [4.69, 9.17) is 15.6 Å². The van der Waals surface area contributed by atoms with E-state index in [1.807, 2.05) is 4.72 Å². The highest BCUT2D eigenvalue weighted by Gasteiger charge is 2.44. The average Bonchev–Trinajstić information content (AvgIpc) is 3.15. The van der Waals surface area contributed by atoms with Crippen LogP contribution in [-0.2, 0) is 14.8 Å². The zero-order chi connectivity index (χ0) is 20.6. The minimum atomic E-state index is -4.14. The first kappa shape index (κ1) is 20.2. The Bertz CT molecular complexity index is 973. The third-order valence-corrected chi connectivity index (χ3v) is 5.74. The molecule has 0 unspecified atom stereocenters. The van der Waals surface area contributed by atoms with Crippen LogP contribution in [0.1, 0.15) is 22.3 Å². The molecule has 152 valence electrons. The lowest BCUT2D eigenvalue weighted by molar-refractivity contribution is -0.0518. The Hall–Kier alpha value is -2.51. The maximum Gasteiger partial charge on any atom is 0.287 e. The monoisotopic (exact) mass is 412 g/mol. The summed E-state index contributed by atoms with van der Waals surface area (Å²) in [6.07, 6.45) is -3.96. The number of nitrogens with one attached hydrogen (secondary N) is 1. The number of nitrogens with zero attached hydrogens (tertiary/aromatic N) is 2. The molecule has 4 atom stereocenters. The molecule has 0 radical (unpaired) electrons. The number of sulfonamides is 1. The van der Waals surface area contributed by atoms with Crippen LogP contribution < -0.4 is 10.5 Å². The van der Waals surface area contributed by atoms with Crippen LogP contribution in [0.5, 0.6) is 0 Å². The van der Waals surface area contributed by atoms with Gasteiger partial charge in [-0.2, -0.15) is 0 Å². The van der Waals surface area contributed by atoms with E-state index in [-0.39, 0.29) is 10.7 Å². The molecule has 1 saturated heterocycles. The van der Waals surface area contributed by atoms with E-state index in [0.717, 1.165) is 16.5 Å². The molecule has 0 saturated carbocycles. The van der Waals surface area contributed by atoms with Gasteiger partial charge < -0.3 is 25.8 Å². The molecular weight excluding hydrogens is 392 g/mol. The van der Waals surface area contributed by atoms with Crippen LogP contribution in [0, 0.1) is 6.92 Å². The number of nitrogens with two attached hydrogens (primary N) is 1. The molecule has 1 fully saturated rings. The number of hydrogen-bond acceptors (Lipinski definition) is 9. The van der Waals surface area contributed by atoms with Gasteiger partial charge in [0.1, 0.15) is 24.1 Å². The normalized spacial score (nSPS) is 25.0. The highest BCUT2D eigenvalue weighted by Crippen LogP contribution is 2.31. The van der Waals surface area contributed by atoms with Crippen LogP contribution in [0.2, 0.25) is 0 Å². The van der Waals surface area contributed by atoms with Crippen molar-refractivity contribution in [2.24, 2.45) is 0 Å². The molecule has 0 spiro atoms. The number of imidazole rings is 1. The van der Waals surface area contributed by atoms with Gasteiger partial charge >= 0.3 is 0 Å². The summed E-state index contributed by atoms with van der Waals surface area (Å²) in [5.74, 6) is -1.34. The standard InChI is InChI=1S/C16H20N4O7S/c1-8-2-4-9(5-3-8)28(25,26)19-15(24)11-14(17)20(7-18-11)16-13(23)12(22)10(6-21)27-16/h2-5,7,10,12-13,16,21-23H,6,17H2,1H3,(H,19,24)/t10-,12+,13-,16-/m0/s1. The van der Waals surface area contributed by atoms with Gasteiger partial charge in [-0.25, -0.2) is 18.1 Å². The SMILES string of the molecule is Cc1ccc(S(=O)(=O)NC(=O)c2ncn([C@H]3O[C@@H](CO)[C@@H](O)[C@@H]3O)c2N)cc1. The number of ether oxygens (including phenoxy) is 1. The molecule has 11 nitrogen and oxygen atoms in total. The minimum absolute atomic E-state index is 0.104. The van der Waals surface area contributed by atoms with E-state index in [0.29, 0.717) is 0 Å². The van der Waals surface area contributed by atoms with Gasteiger partial charge in [-0.15, -0.1) is 0 Å². The Kier molecular flexibility index (Phi) is 5.41. The number of carbonyl (C=O) groups excluding carboxylic acids is 1. The van der Waals surface area contributed by atoms with E-state index >= 15 is 0 Å². The third-order valence-electron chi connectivity index (χ3n) is 4.40. The van der Waals surface area contributed by atoms with Gasteiger partial charge in [0.05, 0.1) is 17.8 Å². The number of aryl methyl sites for hydroxylation is 1. The summed E-state index contributed by atoms with van der Waals surface area (Å²) in [5, 5.41) is 29.0. The summed E-state index contributed by atoms with van der Waals surface area (Å²) >= 11 is 0. The van der Waals surface area contributed by atoms with Crippen LogP contribution in [0.25, 0.3) is 0 Å². The molecule has 1 aliphatic rings. The van der Waals surface area contributed by atoms with E-state index in [9.17, 15) is 23.4 Å². The van der Waals surface area contributed by atoms with E-state index in [1.54, 1.807) is 19.1 Å². The van der Waals surface area contributed by atoms with Gasteiger partial charge in [0.15, 0.2) is 11.9 Å². The summed E-state index contributed by atoms with van der Waals surface area (Å²) < 4.78 is 33.0. The maximum atomic E-state index is 12.4. The van der Waals surface area contributed by atoms with E-state index in [1.165, 1.54) is 12.1 Å². The zero-order valence-corrected chi connectivity index (χ0v) is 15.6. The van der Waals surface area contributed by atoms with Crippen molar-refractivity contribution in [2.45, 2.75) is 36.4 Å². The number of carbonyl (C=O) groups is 1. The fourth-order valence-corrected chi connectivity index (χ4v) is 3.76. The number of aliphatic hydroxyl groups excluding tert-OH is 3. The predicted octanol–water partition coefficient (Wildman–Crippen LogP) is -1.50. The smallest absolute Gasteiger partial charge is 0.287 e. The van der Waals surface area contributed by atoms with Crippen LogP contribution in [0.4, 0.5) is 5.82 Å². The van der Waals surface area contributed by atoms with Crippen LogP contribution in [0.15, 0.2) is 35.5 Å². The number of rotatable bonds is 5. The van der Waals surface area contributed by atoms with Crippen LogP contribution in [-0.4, -0.2) is 64.1 Å². The summed E-state index contributed by atoms with van der Waals surface area (Å²) in [4.78, 5) is 16.1. The Balaban J connectivity index is 1.82. The van der Waals surface area contributed by atoms with Gasteiger partial charge in [-0.3, -0.25) is 9.36 Å². The Morgan fingerprint density at radius 2 is 1.93 bits per heavy atom. The first-order valence-electron chi connectivity index (χ1n) is 8.24. The van der Waals surface area contributed by atoms with Gasteiger partial charge in [-0.05, 0) is 19.1 Å². The molecule has 0 aliphatic carbocycles. The number of hydrogen-bond donors (Lipinski definition) is 5. The quantitative estimate of drug-likeness (QED) is 0.391. The average molecular weight is 412 g/mol. The van der Waals surface area contributed by atoms with Gasteiger partial charge in [0.25, 0.3) is 15.9 Å². The van der Waals surface area contributed by atoms with Crippen molar-refractivity contribution in [1.82, 2.24) is 14.3 Å². The zero-order valence-electron chi connectivity index (χ0n) is 14.8. The lowest BCUT2D eigenvalue weighted by Gasteiger charge is -2.17. The molecule has 0 bridgehead atoms. The molecule has 2 aromatic rings. The van der Waals surface area contributed by atoms with Gasteiger partial charge in [-0.1, -0.05) is 17.7 Å². The minimum Gasteiger partial charge on any atom is -0.394 e. The molecule has 1 amide bonds. The second-order valence-electron chi connectivity index (χ2n) is 6.36. The fourth-order valence-electron chi connectivity index (χ4n) is 2.80. The van der Waals surface area contributed by atoms with Crippen molar-refractivity contribution in [3.63, 3.8) is 0 Å². The number of amides is 1. The lowest BCUT2D eigenvalue weighted by Crippen LogP contribution is -2.33. The maximum absolute atomic E-state index is 12.4. The van der Waals surface area contributed by atoms with Gasteiger partial charge in [0, 0.05) is 0 Å². The molecule has 12 heteroatoms. The molecular formula is C16H20N4O7S. The number of aliphatic hydroxyl groups is 3. The molecule has 3 rings (SSSR count). The number of benzene rings is 1. The Morgan fingerprint density at radius 3 is 2.50 bits per heavy atom. The summed E-state index contributed by atoms with van der Waals surface area (Å²) in [6.45, 7) is 1.26. The van der Waals surface area contributed by atoms with Crippen molar-refractivity contribution in [1.29, 1.82) is 0 Å². The van der Waals surface area contributed by atoms with Crippen molar-refractivity contribution in [3.05, 3.63) is 41.9 Å². The van der Waals surface area contributed by atoms with Crippen molar-refractivity contribution in [3.8, 4) is 0 Å². The first-order valence-corrected chi connectivity index (χ1v) is 9.72. The molecule has 28 heavy (non-hydrogen) atoms. The molecule has 1 aliphatic heterocycles. The molecule has 2 heterocycles. The van der Waals surface area contributed by atoms with Crippen molar-refractivity contribution < 1.29 is 33.3 Å². The molecule has 1 aromatic carbocycles. The van der Waals surface area contributed by atoms with Gasteiger partial charge in [0.2, 0.25) is 0 Å². The topological polar surface area (TPSA) is 177 Å². The molecule has 1 aromatic heterocycles. The van der Waals surface area contributed by atoms with Crippen molar-refractivity contribution >= 4 is 21.7 Å². The molecule has 6 N–H and O–H groups in total.